The standard InChI is InChI=1S/C18H20FNO3/c1-22-16-7-8-17(23-2)14(11-16)6-9-18(21)20-12-13-4-3-5-15(19)10-13/h3-5,7-8,10-11H,6,9,12H2,1-2H3,(H,20,21). The molecule has 0 spiro atoms. The summed E-state index contributed by atoms with van der Waals surface area (Å²) >= 11 is 0. The Hall–Kier alpha value is -2.56. The van der Waals surface area contributed by atoms with Crippen LogP contribution < -0.4 is 14.8 Å². The Labute approximate surface area is 135 Å². The van der Waals surface area contributed by atoms with E-state index in [-0.39, 0.29) is 11.7 Å². The number of carbonyl (C=O) groups excluding carboxylic acids is 1. The molecule has 0 aliphatic carbocycles. The maximum Gasteiger partial charge on any atom is 0.220 e. The van der Waals surface area contributed by atoms with Gasteiger partial charge in [0.05, 0.1) is 14.2 Å². The first kappa shape index (κ1) is 16.8. The summed E-state index contributed by atoms with van der Waals surface area (Å²) < 4.78 is 23.6. The topological polar surface area (TPSA) is 47.6 Å². The second kappa shape index (κ2) is 8.17. The first-order valence-corrected chi connectivity index (χ1v) is 7.34. The minimum atomic E-state index is -0.308. The summed E-state index contributed by atoms with van der Waals surface area (Å²) in [4.78, 5) is 12.0. The number of hydrogen-bond acceptors (Lipinski definition) is 3. The molecular formula is C18H20FNO3. The third kappa shape index (κ3) is 4.98. The fraction of sp³-hybridized carbons (Fsp3) is 0.278. The zero-order valence-corrected chi connectivity index (χ0v) is 13.3. The van der Waals surface area contributed by atoms with Crippen LogP contribution in [0.1, 0.15) is 17.5 Å². The van der Waals surface area contributed by atoms with Gasteiger partial charge in [0.1, 0.15) is 17.3 Å². The SMILES string of the molecule is COc1ccc(OC)c(CCC(=O)NCc2cccc(F)c2)c1. The van der Waals surface area contributed by atoms with Crippen LogP contribution in [0.2, 0.25) is 0 Å². The molecule has 0 aliphatic heterocycles. The molecule has 4 nitrogen and oxygen atoms in total. The van der Waals surface area contributed by atoms with Crippen LogP contribution >= 0.6 is 0 Å². The van der Waals surface area contributed by atoms with Crippen molar-refractivity contribution in [1.29, 1.82) is 0 Å². The van der Waals surface area contributed by atoms with Gasteiger partial charge in [-0.05, 0) is 47.9 Å². The number of rotatable bonds is 7. The summed E-state index contributed by atoms with van der Waals surface area (Å²) in [6.07, 6.45) is 0.855. The number of carbonyl (C=O) groups is 1. The van der Waals surface area contributed by atoms with E-state index in [1.54, 1.807) is 26.4 Å². The molecule has 0 unspecified atom stereocenters. The molecule has 122 valence electrons. The van der Waals surface area contributed by atoms with E-state index in [4.69, 9.17) is 9.47 Å². The van der Waals surface area contributed by atoms with Gasteiger partial charge < -0.3 is 14.8 Å². The first-order valence-electron chi connectivity index (χ1n) is 7.34. The quantitative estimate of drug-likeness (QED) is 0.853. The van der Waals surface area contributed by atoms with E-state index in [2.05, 4.69) is 5.32 Å². The molecule has 0 saturated heterocycles. The van der Waals surface area contributed by atoms with Gasteiger partial charge in [0.25, 0.3) is 0 Å². The van der Waals surface area contributed by atoms with E-state index in [0.29, 0.717) is 19.4 Å². The lowest BCUT2D eigenvalue weighted by atomic mass is 10.1. The molecule has 0 radical (unpaired) electrons. The van der Waals surface area contributed by atoms with Crippen molar-refractivity contribution in [3.05, 3.63) is 59.4 Å². The van der Waals surface area contributed by atoms with Gasteiger partial charge in [-0.25, -0.2) is 4.39 Å². The van der Waals surface area contributed by atoms with E-state index >= 15 is 0 Å². The zero-order chi connectivity index (χ0) is 16.7. The predicted octanol–water partition coefficient (Wildman–Crippen LogP) is 3.09. The van der Waals surface area contributed by atoms with Crippen molar-refractivity contribution in [3.8, 4) is 11.5 Å². The van der Waals surface area contributed by atoms with Crippen LogP contribution in [0.4, 0.5) is 4.39 Å². The fourth-order valence-electron chi connectivity index (χ4n) is 2.26. The lowest BCUT2D eigenvalue weighted by Gasteiger charge is -2.10. The molecule has 1 N–H and O–H groups in total. The number of aryl methyl sites for hydroxylation is 1. The van der Waals surface area contributed by atoms with Gasteiger partial charge in [0.2, 0.25) is 5.91 Å². The largest absolute Gasteiger partial charge is 0.497 e. The maximum absolute atomic E-state index is 13.1. The molecule has 0 saturated carbocycles. The van der Waals surface area contributed by atoms with Crippen molar-refractivity contribution in [2.24, 2.45) is 0 Å². The van der Waals surface area contributed by atoms with Crippen LogP contribution in [0.15, 0.2) is 42.5 Å². The monoisotopic (exact) mass is 317 g/mol. The lowest BCUT2D eigenvalue weighted by molar-refractivity contribution is -0.121. The van der Waals surface area contributed by atoms with Crippen LogP contribution in [0.3, 0.4) is 0 Å². The highest BCUT2D eigenvalue weighted by atomic mass is 19.1. The molecule has 2 rings (SSSR count). The van der Waals surface area contributed by atoms with Gasteiger partial charge in [-0.3, -0.25) is 4.79 Å². The Morgan fingerprint density at radius 3 is 2.65 bits per heavy atom. The number of methoxy groups -OCH3 is 2. The van der Waals surface area contributed by atoms with Crippen molar-refractivity contribution in [1.82, 2.24) is 5.32 Å². The number of nitrogens with one attached hydrogen (secondary N) is 1. The van der Waals surface area contributed by atoms with Gasteiger partial charge >= 0.3 is 0 Å². The molecule has 0 atom stereocenters. The number of hydrogen-bond donors (Lipinski definition) is 1. The fourth-order valence-corrected chi connectivity index (χ4v) is 2.26. The summed E-state index contributed by atoms with van der Waals surface area (Å²) in [5, 5.41) is 2.78. The molecule has 0 heterocycles. The summed E-state index contributed by atoms with van der Waals surface area (Å²) in [6.45, 7) is 0.311. The summed E-state index contributed by atoms with van der Waals surface area (Å²) in [6, 6.07) is 11.7. The van der Waals surface area contributed by atoms with Crippen LogP contribution in [0.25, 0.3) is 0 Å². The molecular weight excluding hydrogens is 297 g/mol. The van der Waals surface area contributed by atoms with Crippen LogP contribution in [0, 0.1) is 5.82 Å². The molecule has 2 aromatic carbocycles. The van der Waals surface area contributed by atoms with Gasteiger partial charge in [0, 0.05) is 13.0 Å². The molecule has 23 heavy (non-hydrogen) atoms. The van der Waals surface area contributed by atoms with Crippen LogP contribution in [0.5, 0.6) is 11.5 Å². The highest BCUT2D eigenvalue weighted by Crippen LogP contribution is 2.25. The Morgan fingerprint density at radius 2 is 1.96 bits per heavy atom. The van der Waals surface area contributed by atoms with Crippen molar-refractivity contribution >= 4 is 5.91 Å². The van der Waals surface area contributed by atoms with Gasteiger partial charge in [-0.15, -0.1) is 0 Å². The zero-order valence-electron chi connectivity index (χ0n) is 13.3. The second-order valence-electron chi connectivity index (χ2n) is 5.08. The van der Waals surface area contributed by atoms with Crippen molar-refractivity contribution < 1.29 is 18.7 Å². The Morgan fingerprint density at radius 1 is 1.13 bits per heavy atom. The molecule has 5 heteroatoms. The van der Waals surface area contributed by atoms with E-state index in [0.717, 1.165) is 22.6 Å². The molecule has 0 aromatic heterocycles. The second-order valence-corrected chi connectivity index (χ2v) is 5.08. The number of benzene rings is 2. The van der Waals surface area contributed by atoms with Gasteiger partial charge in [-0.2, -0.15) is 0 Å². The Kier molecular flexibility index (Phi) is 5.97. The molecule has 0 bridgehead atoms. The number of halogens is 1. The number of amides is 1. The van der Waals surface area contributed by atoms with Gasteiger partial charge in [-0.1, -0.05) is 12.1 Å². The minimum absolute atomic E-state index is 0.0980. The third-order valence-corrected chi connectivity index (χ3v) is 3.49. The third-order valence-electron chi connectivity index (χ3n) is 3.49. The molecule has 0 aliphatic rings. The van der Waals surface area contributed by atoms with Crippen LogP contribution in [-0.2, 0) is 17.8 Å². The van der Waals surface area contributed by atoms with E-state index in [9.17, 15) is 9.18 Å². The van der Waals surface area contributed by atoms with Crippen LogP contribution in [-0.4, -0.2) is 20.1 Å². The molecule has 1 amide bonds. The highest BCUT2D eigenvalue weighted by molar-refractivity contribution is 5.76. The predicted molar refractivity (Wildman–Crippen MR) is 86.1 cm³/mol. The van der Waals surface area contributed by atoms with E-state index < -0.39 is 0 Å². The van der Waals surface area contributed by atoms with E-state index in [1.165, 1.54) is 12.1 Å². The average Bonchev–Trinajstić information content (AvgIpc) is 2.57. The van der Waals surface area contributed by atoms with E-state index in [1.807, 2.05) is 18.2 Å². The number of ether oxygens (including phenoxy) is 2. The van der Waals surface area contributed by atoms with Crippen molar-refractivity contribution in [2.75, 3.05) is 14.2 Å². The normalized spacial score (nSPS) is 10.2. The summed E-state index contributed by atoms with van der Waals surface area (Å²) in [5.41, 5.74) is 1.64. The lowest BCUT2D eigenvalue weighted by Crippen LogP contribution is -2.23. The van der Waals surface area contributed by atoms with Crippen molar-refractivity contribution in [2.45, 2.75) is 19.4 Å². The smallest absolute Gasteiger partial charge is 0.220 e. The molecule has 0 fully saturated rings. The Balaban J connectivity index is 1.89. The molecule has 2 aromatic rings. The minimum Gasteiger partial charge on any atom is -0.497 e. The highest BCUT2D eigenvalue weighted by Gasteiger charge is 2.08. The average molecular weight is 317 g/mol. The van der Waals surface area contributed by atoms with Crippen molar-refractivity contribution in [3.63, 3.8) is 0 Å². The summed E-state index contributed by atoms with van der Waals surface area (Å²) in [5.74, 6) is 1.04. The first-order chi connectivity index (χ1) is 11.1. The van der Waals surface area contributed by atoms with Gasteiger partial charge in [0.15, 0.2) is 0 Å². The summed E-state index contributed by atoms with van der Waals surface area (Å²) in [7, 11) is 3.19. The Bertz CT molecular complexity index is 673. The maximum atomic E-state index is 13.1.